The fourth-order valence-electron chi connectivity index (χ4n) is 4.62. The van der Waals surface area contributed by atoms with E-state index in [1.165, 1.54) is 7.11 Å². The second-order valence-electron chi connectivity index (χ2n) is 7.03. The molecule has 2 aliphatic rings. The van der Waals surface area contributed by atoms with Crippen molar-refractivity contribution >= 4 is 11.9 Å². The topological polar surface area (TPSA) is 116 Å². The summed E-state index contributed by atoms with van der Waals surface area (Å²) >= 11 is 0. The van der Waals surface area contributed by atoms with E-state index < -0.39 is 23.8 Å². The molecule has 28 heavy (non-hydrogen) atoms. The van der Waals surface area contributed by atoms with Crippen molar-refractivity contribution in [3.8, 4) is 12.1 Å². The van der Waals surface area contributed by atoms with Crippen molar-refractivity contribution in [1.29, 1.82) is 10.5 Å². The molecular weight excluding hydrogens is 358 g/mol. The number of aromatic nitrogens is 1. The lowest BCUT2D eigenvalue weighted by atomic mass is 9.76. The van der Waals surface area contributed by atoms with Crippen molar-refractivity contribution in [3.05, 3.63) is 58.4 Å². The number of fused-ring (bicyclic) bond motifs is 5. The van der Waals surface area contributed by atoms with Crippen molar-refractivity contribution < 1.29 is 19.1 Å². The van der Waals surface area contributed by atoms with E-state index >= 15 is 0 Å². The van der Waals surface area contributed by atoms with Gasteiger partial charge in [0.05, 0.1) is 25.0 Å². The van der Waals surface area contributed by atoms with Gasteiger partial charge in [-0.05, 0) is 23.1 Å². The Morgan fingerprint density at radius 1 is 1.18 bits per heavy atom. The number of carbonyl (C=O) groups is 2. The fraction of sp³-hybridized carbons (Fsp3) is 0.333. The maximum absolute atomic E-state index is 12.7. The minimum absolute atomic E-state index is 0.102. The number of nitriles is 2. The summed E-state index contributed by atoms with van der Waals surface area (Å²) in [5.41, 5.74) is 2.60. The van der Waals surface area contributed by atoms with E-state index in [4.69, 9.17) is 9.47 Å². The van der Waals surface area contributed by atoms with Gasteiger partial charge in [-0.25, -0.2) is 4.79 Å². The van der Waals surface area contributed by atoms with Gasteiger partial charge >= 0.3 is 11.9 Å². The van der Waals surface area contributed by atoms with Gasteiger partial charge in [-0.1, -0.05) is 30.3 Å². The van der Waals surface area contributed by atoms with Crippen molar-refractivity contribution in [3.63, 3.8) is 0 Å². The summed E-state index contributed by atoms with van der Waals surface area (Å²) in [5, 5.41) is 19.1. The summed E-state index contributed by atoms with van der Waals surface area (Å²) in [5.74, 6) is -2.86. The number of nitrogens with one attached hydrogen (secondary N) is 1. The number of esters is 2. The number of aromatic amines is 1. The Morgan fingerprint density at radius 2 is 1.93 bits per heavy atom. The molecule has 1 saturated carbocycles. The molecule has 1 aromatic heterocycles. The van der Waals surface area contributed by atoms with Gasteiger partial charge in [0.15, 0.2) is 0 Å². The minimum atomic E-state index is -0.643. The van der Waals surface area contributed by atoms with Crippen LogP contribution in [-0.4, -0.2) is 24.0 Å². The predicted molar refractivity (Wildman–Crippen MR) is 95.8 cm³/mol. The number of hydrogen-bond donors (Lipinski definition) is 1. The smallest absolute Gasteiger partial charge is 0.355 e. The molecule has 1 N–H and O–H groups in total. The van der Waals surface area contributed by atoms with Crippen LogP contribution in [0.4, 0.5) is 0 Å². The van der Waals surface area contributed by atoms with Crippen LogP contribution in [0.25, 0.3) is 0 Å². The van der Waals surface area contributed by atoms with Crippen LogP contribution in [0.1, 0.15) is 51.1 Å². The Morgan fingerprint density at radius 3 is 2.57 bits per heavy atom. The van der Waals surface area contributed by atoms with Gasteiger partial charge in [0.1, 0.15) is 24.1 Å². The number of hydrogen-bond acceptors (Lipinski definition) is 6. The number of H-pyrrole nitrogens is 1. The van der Waals surface area contributed by atoms with Gasteiger partial charge in [-0.3, -0.25) is 4.79 Å². The van der Waals surface area contributed by atoms with E-state index in [2.05, 4.69) is 17.1 Å². The van der Waals surface area contributed by atoms with Crippen LogP contribution in [0.3, 0.4) is 0 Å². The number of methoxy groups -OCH3 is 1. The molecule has 0 aliphatic heterocycles. The van der Waals surface area contributed by atoms with E-state index in [1.54, 1.807) is 0 Å². The molecule has 0 saturated heterocycles. The highest BCUT2D eigenvalue weighted by molar-refractivity contribution is 5.92. The maximum Gasteiger partial charge on any atom is 0.355 e. The molecule has 7 nitrogen and oxygen atoms in total. The zero-order chi connectivity index (χ0) is 19.8. The summed E-state index contributed by atoms with van der Waals surface area (Å²) in [6, 6.07) is 13.5. The standard InChI is InChI=1S/C21H17N3O4/c1-27-20(25)16-13-7-12(14(16)8-22)17-15(9-23)24-19(18(13)17)21(26)28-10-11-5-3-2-4-6-11/h2-6,12-14,16,24H,7,10H2,1H3/t12-,13+,14+,16+/m1/s1. The third-order valence-electron chi connectivity index (χ3n) is 5.73. The quantitative estimate of drug-likeness (QED) is 0.822. The summed E-state index contributed by atoms with van der Waals surface area (Å²) in [7, 11) is 1.29. The van der Waals surface area contributed by atoms with Crippen LogP contribution in [0.5, 0.6) is 0 Å². The van der Waals surface area contributed by atoms with E-state index in [-0.39, 0.29) is 29.8 Å². The Labute approximate surface area is 161 Å². The van der Waals surface area contributed by atoms with Gasteiger partial charge in [-0.15, -0.1) is 0 Å². The molecule has 2 aliphatic carbocycles. The van der Waals surface area contributed by atoms with Gasteiger partial charge in [0.2, 0.25) is 0 Å². The lowest BCUT2D eigenvalue weighted by molar-refractivity contribution is -0.146. The molecular formula is C21H17N3O4. The molecule has 0 spiro atoms. The lowest BCUT2D eigenvalue weighted by Crippen LogP contribution is -2.29. The summed E-state index contributed by atoms with van der Waals surface area (Å²) < 4.78 is 10.3. The van der Waals surface area contributed by atoms with Gasteiger partial charge in [-0.2, -0.15) is 10.5 Å². The average Bonchev–Trinajstić information content (AvgIpc) is 3.40. The first kappa shape index (κ1) is 17.8. The van der Waals surface area contributed by atoms with Crippen LogP contribution >= 0.6 is 0 Å². The number of nitrogens with zero attached hydrogens (tertiary/aromatic N) is 2. The van der Waals surface area contributed by atoms with E-state index in [0.717, 1.165) is 5.56 Å². The highest BCUT2D eigenvalue weighted by Crippen LogP contribution is 2.61. The summed E-state index contributed by atoms with van der Waals surface area (Å²) in [6.07, 6.45) is 0.547. The monoisotopic (exact) mass is 375 g/mol. The average molecular weight is 375 g/mol. The van der Waals surface area contributed by atoms with Crippen LogP contribution in [-0.2, 0) is 20.9 Å². The normalized spacial score (nSPS) is 24.1. The zero-order valence-electron chi connectivity index (χ0n) is 15.1. The van der Waals surface area contributed by atoms with Crippen LogP contribution in [0, 0.1) is 34.5 Å². The van der Waals surface area contributed by atoms with Gasteiger partial charge < -0.3 is 14.5 Å². The number of ether oxygens (including phenoxy) is 2. The SMILES string of the molecule is COC(=O)[C@@H]1[C@@H](C#N)[C@H]2C[C@@H]1c1c(C(=O)OCc3ccccc3)[nH]c(C#N)c12. The summed E-state index contributed by atoms with van der Waals surface area (Å²) in [6.45, 7) is 0.102. The highest BCUT2D eigenvalue weighted by Gasteiger charge is 2.57. The Balaban J connectivity index is 1.68. The molecule has 1 fully saturated rings. The second kappa shape index (κ2) is 6.86. The molecule has 1 heterocycles. The van der Waals surface area contributed by atoms with Crippen molar-refractivity contribution in [2.75, 3.05) is 7.11 Å². The van der Waals surface area contributed by atoms with Crippen molar-refractivity contribution in [2.45, 2.75) is 24.9 Å². The molecule has 0 amide bonds. The van der Waals surface area contributed by atoms with Gasteiger partial charge in [0, 0.05) is 11.8 Å². The molecule has 4 atom stereocenters. The largest absolute Gasteiger partial charge is 0.469 e. The van der Waals surface area contributed by atoms with E-state index in [1.807, 2.05) is 30.3 Å². The molecule has 2 bridgehead atoms. The first-order valence-corrected chi connectivity index (χ1v) is 8.95. The predicted octanol–water partition coefficient (Wildman–Crippen LogP) is 2.76. The fourth-order valence-corrected chi connectivity index (χ4v) is 4.62. The molecule has 7 heteroatoms. The number of benzene rings is 1. The molecule has 0 unspecified atom stereocenters. The maximum atomic E-state index is 12.7. The summed E-state index contributed by atoms with van der Waals surface area (Å²) in [4.78, 5) is 27.9. The Kier molecular flexibility index (Phi) is 4.37. The first-order valence-electron chi connectivity index (χ1n) is 8.95. The third-order valence-corrected chi connectivity index (χ3v) is 5.73. The van der Waals surface area contributed by atoms with Crippen LogP contribution < -0.4 is 0 Å². The van der Waals surface area contributed by atoms with Gasteiger partial charge in [0.25, 0.3) is 0 Å². The minimum Gasteiger partial charge on any atom is -0.469 e. The number of rotatable bonds is 4. The van der Waals surface area contributed by atoms with E-state index in [0.29, 0.717) is 17.5 Å². The highest BCUT2D eigenvalue weighted by atomic mass is 16.5. The Hall–Kier alpha value is -3.58. The molecule has 0 radical (unpaired) electrons. The third kappa shape index (κ3) is 2.56. The molecule has 2 aromatic rings. The lowest BCUT2D eigenvalue weighted by Gasteiger charge is -2.25. The second-order valence-corrected chi connectivity index (χ2v) is 7.03. The van der Waals surface area contributed by atoms with Crippen LogP contribution in [0.2, 0.25) is 0 Å². The number of carbonyl (C=O) groups excluding carboxylic acids is 2. The molecule has 1 aromatic carbocycles. The van der Waals surface area contributed by atoms with Crippen molar-refractivity contribution in [1.82, 2.24) is 4.98 Å². The Bertz CT molecular complexity index is 1030. The zero-order valence-corrected chi connectivity index (χ0v) is 15.1. The first-order chi connectivity index (χ1) is 13.6. The molecule has 4 rings (SSSR count). The van der Waals surface area contributed by atoms with Crippen molar-refractivity contribution in [2.24, 2.45) is 11.8 Å². The van der Waals surface area contributed by atoms with E-state index in [9.17, 15) is 20.1 Å². The van der Waals surface area contributed by atoms with Crippen LogP contribution in [0.15, 0.2) is 30.3 Å². The molecule has 140 valence electrons.